The fourth-order valence-corrected chi connectivity index (χ4v) is 2.25. The summed E-state index contributed by atoms with van der Waals surface area (Å²) in [6.07, 6.45) is 4.94. The first-order valence-corrected chi connectivity index (χ1v) is 8.81. The maximum absolute atomic E-state index is 12.4. The summed E-state index contributed by atoms with van der Waals surface area (Å²) in [5.74, 6) is 2.33. The van der Waals surface area contributed by atoms with Gasteiger partial charge in [0.05, 0.1) is 6.04 Å². The van der Waals surface area contributed by atoms with Crippen LogP contribution in [0, 0.1) is 11.8 Å². The molecular weight excluding hydrogens is 256 g/mol. The first kappa shape index (κ1) is 18.8. The lowest BCUT2D eigenvalue weighted by Gasteiger charge is -2.27. The number of nitrogens with two attached hydrogens (primary N) is 1. The van der Waals surface area contributed by atoms with Gasteiger partial charge in [-0.15, -0.1) is 0 Å². The molecule has 0 unspecified atom stereocenters. The van der Waals surface area contributed by atoms with Gasteiger partial charge in [-0.3, -0.25) is 4.79 Å². The Hall–Kier alpha value is -0.220. The summed E-state index contributed by atoms with van der Waals surface area (Å²) < 4.78 is 0. The highest BCUT2D eigenvalue weighted by Crippen LogP contribution is 2.09. The number of carbonyl (C=O) groups is 1. The minimum Gasteiger partial charge on any atom is -0.341 e. The Balaban J connectivity index is 4.38. The van der Waals surface area contributed by atoms with Crippen molar-refractivity contribution >= 4 is 17.7 Å². The molecule has 0 bridgehead atoms. The number of hydrogen-bond acceptors (Lipinski definition) is 3. The van der Waals surface area contributed by atoms with Crippen molar-refractivity contribution < 1.29 is 4.79 Å². The second-order valence-electron chi connectivity index (χ2n) is 6.08. The number of carbonyl (C=O) groups excluding carboxylic acids is 1. The molecule has 1 atom stereocenters. The highest BCUT2D eigenvalue weighted by molar-refractivity contribution is 7.98. The van der Waals surface area contributed by atoms with Gasteiger partial charge in [0.1, 0.15) is 0 Å². The summed E-state index contributed by atoms with van der Waals surface area (Å²) in [6, 6.07) is -0.327. The third kappa shape index (κ3) is 9.33. The van der Waals surface area contributed by atoms with E-state index in [1.165, 1.54) is 0 Å². The standard InChI is InChI=1S/C15H32N2OS/c1-12(2)6-9-17(10-7-13(3)4)15(18)14(16)8-11-19-5/h12-14H,6-11,16H2,1-5H3/t14-/m1/s1. The molecule has 4 heteroatoms. The molecule has 19 heavy (non-hydrogen) atoms. The predicted molar refractivity (Wildman–Crippen MR) is 86.5 cm³/mol. The lowest BCUT2D eigenvalue weighted by Crippen LogP contribution is -2.45. The SMILES string of the molecule is CSCC[C@@H](N)C(=O)N(CCC(C)C)CCC(C)C. The average Bonchev–Trinajstić information content (AvgIpc) is 2.34. The van der Waals surface area contributed by atoms with Crippen molar-refractivity contribution in [3.63, 3.8) is 0 Å². The van der Waals surface area contributed by atoms with Crippen LogP contribution in [-0.4, -0.2) is 41.9 Å². The smallest absolute Gasteiger partial charge is 0.239 e. The molecule has 0 aliphatic heterocycles. The Morgan fingerprint density at radius 2 is 1.53 bits per heavy atom. The summed E-state index contributed by atoms with van der Waals surface area (Å²) in [6.45, 7) is 10.5. The van der Waals surface area contributed by atoms with E-state index in [2.05, 4.69) is 27.7 Å². The van der Waals surface area contributed by atoms with Crippen molar-refractivity contribution in [1.82, 2.24) is 4.90 Å². The van der Waals surface area contributed by atoms with Gasteiger partial charge in [0, 0.05) is 13.1 Å². The molecule has 0 fully saturated rings. The summed E-state index contributed by atoms with van der Waals surface area (Å²) >= 11 is 1.74. The van der Waals surface area contributed by atoms with Gasteiger partial charge in [0.2, 0.25) is 5.91 Å². The van der Waals surface area contributed by atoms with Crippen molar-refractivity contribution in [1.29, 1.82) is 0 Å². The van der Waals surface area contributed by atoms with E-state index in [-0.39, 0.29) is 11.9 Å². The highest BCUT2D eigenvalue weighted by Gasteiger charge is 2.20. The normalized spacial score (nSPS) is 13.1. The Morgan fingerprint density at radius 3 is 1.89 bits per heavy atom. The van der Waals surface area contributed by atoms with Gasteiger partial charge in [-0.2, -0.15) is 11.8 Å². The van der Waals surface area contributed by atoms with Crippen LogP contribution in [-0.2, 0) is 4.79 Å². The minimum absolute atomic E-state index is 0.135. The van der Waals surface area contributed by atoms with Gasteiger partial charge < -0.3 is 10.6 Å². The van der Waals surface area contributed by atoms with E-state index in [4.69, 9.17) is 5.73 Å². The Kier molecular flexibility index (Phi) is 10.4. The molecule has 0 spiro atoms. The molecule has 0 aromatic heterocycles. The highest BCUT2D eigenvalue weighted by atomic mass is 32.2. The molecule has 0 rings (SSSR count). The van der Waals surface area contributed by atoms with Crippen LogP contribution in [0.2, 0.25) is 0 Å². The summed E-state index contributed by atoms with van der Waals surface area (Å²) in [5, 5.41) is 0. The Bertz CT molecular complexity index is 232. The van der Waals surface area contributed by atoms with Crippen molar-refractivity contribution in [3.8, 4) is 0 Å². The van der Waals surface area contributed by atoms with E-state index in [0.29, 0.717) is 11.8 Å². The third-order valence-electron chi connectivity index (χ3n) is 3.21. The molecule has 0 aliphatic rings. The van der Waals surface area contributed by atoms with E-state index in [1.807, 2.05) is 11.2 Å². The molecule has 0 aromatic carbocycles. The third-order valence-corrected chi connectivity index (χ3v) is 3.86. The summed E-state index contributed by atoms with van der Waals surface area (Å²) in [5.41, 5.74) is 6.01. The topological polar surface area (TPSA) is 46.3 Å². The molecule has 0 aromatic rings. The Morgan fingerprint density at radius 1 is 1.05 bits per heavy atom. The monoisotopic (exact) mass is 288 g/mol. The van der Waals surface area contributed by atoms with Crippen molar-refractivity contribution in [3.05, 3.63) is 0 Å². The number of thioether (sulfide) groups is 1. The van der Waals surface area contributed by atoms with Crippen LogP contribution in [0.3, 0.4) is 0 Å². The van der Waals surface area contributed by atoms with Gasteiger partial charge in [0.25, 0.3) is 0 Å². The first-order chi connectivity index (χ1) is 8.88. The fraction of sp³-hybridized carbons (Fsp3) is 0.933. The van der Waals surface area contributed by atoms with Gasteiger partial charge in [-0.1, -0.05) is 27.7 Å². The van der Waals surface area contributed by atoms with Crippen LogP contribution in [0.4, 0.5) is 0 Å². The zero-order valence-electron chi connectivity index (χ0n) is 13.3. The van der Waals surface area contributed by atoms with Crippen LogP contribution in [0.1, 0.15) is 47.0 Å². The van der Waals surface area contributed by atoms with Crippen LogP contribution >= 0.6 is 11.8 Å². The number of hydrogen-bond donors (Lipinski definition) is 1. The van der Waals surface area contributed by atoms with E-state index >= 15 is 0 Å². The summed E-state index contributed by atoms with van der Waals surface area (Å²) in [7, 11) is 0. The Labute approximate surface area is 123 Å². The summed E-state index contributed by atoms with van der Waals surface area (Å²) in [4.78, 5) is 14.3. The molecule has 0 saturated heterocycles. The number of nitrogens with zero attached hydrogens (tertiary/aromatic N) is 1. The van der Waals surface area contributed by atoms with Crippen LogP contribution in [0.15, 0.2) is 0 Å². The van der Waals surface area contributed by atoms with Gasteiger partial charge in [-0.05, 0) is 43.1 Å². The van der Waals surface area contributed by atoms with E-state index in [9.17, 15) is 4.79 Å². The predicted octanol–water partition coefficient (Wildman–Crippen LogP) is 2.99. The van der Waals surface area contributed by atoms with Gasteiger partial charge in [-0.25, -0.2) is 0 Å². The lowest BCUT2D eigenvalue weighted by molar-refractivity contribution is -0.133. The van der Waals surface area contributed by atoms with Gasteiger partial charge in [0.15, 0.2) is 0 Å². The minimum atomic E-state index is -0.327. The maximum Gasteiger partial charge on any atom is 0.239 e. The molecule has 2 N–H and O–H groups in total. The van der Waals surface area contributed by atoms with E-state index in [1.54, 1.807) is 11.8 Å². The fourth-order valence-electron chi connectivity index (χ4n) is 1.76. The first-order valence-electron chi connectivity index (χ1n) is 7.41. The molecule has 1 amide bonds. The lowest BCUT2D eigenvalue weighted by atomic mass is 10.1. The molecule has 0 saturated carbocycles. The zero-order chi connectivity index (χ0) is 14.8. The average molecular weight is 289 g/mol. The van der Waals surface area contributed by atoms with E-state index in [0.717, 1.165) is 38.1 Å². The largest absolute Gasteiger partial charge is 0.341 e. The molecule has 0 radical (unpaired) electrons. The number of amides is 1. The van der Waals surface area contributed by atoms with Crippen LogP contribution < -0.4 is 5.73 Å². The maximum atomic E-state index is 12.4. The second kappa shape index (κ2) is 10.6. The molecule has 0 aliphatic carbocycles. The van der Waals surface area contributed by atoms with Crippen molar-refractivity contribution in [2.75, 3.05) is 25.1 Å². The number of rotatable bonds is 10. The van der Waals surface area contributed by atoms with Crippen molar-refractivity contribution in [2.45, 2.75) is 53.0 Å². The molecule has 0 heterocycles. The van der Waals surface area contributed by atoms with Crippen molar-refractivity contribution in [2.24, 2.45) is 17.6 Å². The molecule has 3 nitrogen and oxygen atoms in total. The van der Waals surface area contributed by atoms with E-state index < -0.39 is 0 Å². The quantitative estimate of drug-likeness (QED) is 0.672. The zero-order valence-corrected chi connectivity index (χ0v) is 14.1. The van der Waals surface area contributed by atoms with Crippen LogP contribution in [0.5, 0.6) is 0 Å². The van der Waals surface area contributed by atoms with Gasteiger partial charge >= 0.3 is 0 Å². The molecule has 114 valence electrons. The molecular formula is C15H32N2OS. The second-order valence-corrected chi connectivity index (χ2v) is 7.06. The van der Waals surface area contributed by atoms with Crippen LogP contribution in [0.25, 0.3) is 0 Å².